The van der Waals surface area contributed by atoms with Crippen LogP contribution in [0, 0.1) is 16.6 Å². The van der Waals surface area contributed by atoms with Crippen LogP contribution in [0.25, 0.3) is 0 Å². The maximum absolute atomic E-state index is 14.5. The number of hydrogen-bond acceptors (Lipinski definition) is 6. The molecule has 1 aromatic carbocycles. The molecule has 1 aromatic rings. The van der Waals surface area contributed by atoms with Crippen LogP contribution in [0.4, 0.5) is 4.39 Å². The molecule has 1 aliphatic heterocycles. The average Bonchev–Trinajstić information content (AvgIpc) is 2.72. The van der Waals surface area contributed by atoms with Crippen molar-refractivity contribution >= 4 is 22.5 Å². The predicted molar refractivity (Wildman–Crippen MR) is 76.6 cm³/mol. The lowest BCUT2D eigenvalue weighted by molar-refractivity contribution is 0.288. The van der Waals surface area contributed by atoms with Gasteiger partial charge in [0.1, 0.15) is 5.04 Å². The molecule has 0 bridgehead atoms. The van der Waals surface area contributed by atoms with Crippen LogP contribution in [0.1, 0.15) is 12.0 Å². The highest BCUT2D eigenvalue weighted by Gasteiger charge is 2.26. The van der Waals surface area contributed by atoms with E-state index in [0.717, 1.165) is 11.8 Å². The standard InChI is InChI=1S/C13H15FN2O3S/c1-17-8-6-7(10(15)13(16)20-2)9(14)12-11(8)18-4-3-5-19-12/h6,15-16H,3-5H2,1-2H3. The second-order valence-electron chi connectivity index (χ2n) is 4.06. The van der Waals surface area contributed by atoms with E-state index in [1.165, 1.54) is 13.2 Å². The molecule has 1 aliphatic rings. The van der Waals surface area contributed by atoms with Crippen LogP contribution in [-0.4, -0.2) is 37.3 Å². The summed E-state index contributed by atoms with van der Waals surface area (Å²) in [6, 6.07) is 1.37. The molecule has 0 saturated heterocycles. The first-order chi connectivity index (χ1) is 9.60. The fourth-order valence-corrected chi connectivity index (χ4v) is 2.14. The van der Waals surface area contributed by atoms with Crippen molar-refractivity contribution in [1.82, 2.24) is 0 Å². The number of methoxy groups -OCH3 is 1. The van der Waals surface area contributed by atoms with Gasteiger partial charge in [0.05, 0.1) is 26.0 Å². The molecule has 0 spiro atoms. The highest BCUT2D eigenvalue weighted by atomic mass is 32.2. The normalized spacial score (nSPS) is 13.6. The predicted octanol–water partition coefficient (Wildman–Crippen LogP) is 2.70. The molecular formula is C13H15FN2O3S. The lowest BCUT2D eigenvalue weighted by Crippen LogP contribution is -2.13. The van der Waals surface area contributed by atoms with Gasteiger partial charge in [-0.05, 0) is 12.3 Å². The Hall–Kier alpha value is -1.76. The second-order valence-corrected chi connectivity index (χ2v) is 4.87. The zero-order valence-electron chi connectivity index (χ0n) is 11.2. The van der Waals surface area contributed by atoms with Crippen LogP contribution >= 0.6 is 11.8 Å². The summed E-state index contributed by atoms with van der Waals surface area (Å²) in [5, 5.41) is 15.5. The van der Waals surface area contributed by atoms with Crippen LogP contribution in [0.15, 0.2) is 6.07 Å². The molecule has 2 N–H and O–H groups in total. The van der Waals surface area contributed by atoms with E-state index in [4.69, 9.17) is 25.0 Å². The van der Waals surface area contributed by atoms with Gasteiger partial charge in [-0.1, -0.05) is 0 Å². The summed E-state index contributed by atoms with van der Waals surface area (Å²) in [5.74, 6) is -0.214. The SMILES string of the molecule is COc1cc(C(=N)C(=N)SC)c(F)c2c1OCCCO2. The van der Waals surface area contributed by atoms with Crippen LogP contribution in [0.5, 0.6) is 17.2 Å². The van der Waals surface area contributed by atoms with Crippen molar-refractivity contribution in [1.29, 1.82) is 10.8 Å². The van der Waals surface area contributed by atoms with E-state index < -0.39 is 5.82 Å². The number of fused-ring (bicyclic) bond motifs is 1. The summed E-state index contributed by atoms with van der Waals surface area (Å²) in [6.07, 6.45) is 2.31. The van der Waals surface area contributed by atoms with E-state index in [1.807, 2.05) is 0 Å². The molecule has 0 aliphatic carbocycles. The summed E-state index contributed by atoms with van der Waals surface area (Å²) in [6.45, 7) is 0.754. The number of hydrogen-bond donors (Lipinski definition) is 2. The summed E-state index contributed by atoms with van der Waals surface area (Å²) in [5.41, 5.74) is -0.227. The molecule has 0 saturated carbocycles. The number of benzene rings is 1. The summed E-state index contributed by atoms with van der Waals surface area (Å²) < 4.78 is 30.5. The first kappa shape index (κ1) is 14.6. The molecule has 0 fully saturated rings. The zero-order valence-corrected chi connectivity index (χ0v) is 12.0. The van der Waals surface area contributed by atoms with Crippen molar-refractivity contribution in [2.24, 2.45) is 0 Å². The van der Waals surface area contributed by atoms with Gasteiger partial charge < -0.3 is 14.2 Å². The monoisotopic (exact) mass is 298 g/mol. The molecular weight excluding hydrogens is 283 g/mol. The van der Waals surface area contributed by atoms with E-state index in [-0.39, 0.29) is 27.8 Å². The highest BCUT2D eigenvalue weighted by molar-refractivity contribution is 8.15. The summed E-state index contributed by atoms with van der Waals surface area (Å²) in [4.78, 5) is 0. The topological polar surface area (TPSA) is 75.4 Å². The van der Waals surface area contributed by atoms with Crippen LogP contribution in [0.3, 0.4) is 0 Å². The third kappa shape index (κ3) is 2.58. The zero-order chi connectivity index (χ0) is 14.7. The Bertz CT molecular complexity index is 563. The van der Waals surface area contributed by atoms with Crippen LogP contribution in [0.2, 0.25) is 0 Å². The molecule has 0 aromatic heterocycles. The first-order valence-corrected chi connectivity index (χ1v) is 7.20. The van der Waals surface area contributed by atoms with Gasteiger partial charge in [0.2, 0.25) is 11.5 Å². The Kier molecular flexibility index (Phi) is 4.49. The Morgan fingerprint density at radius 3 is 2.55 bits per heavy atom. The first-order valence-electron chi connectivity index (χ1n) is 5.98. The lowest BCUT2D eigenvalue weighted by atomic mass is 10.1. The maximum Gasteiger partial charge on any atom is 0.206 e. The van der Waals surface area contributed by atoms with E-state index >= 15 is 0 Å². The van der Waals surface area contributed by atoms with Crippen molar-refractivity contribution in [2.75, 3.05) is 26.6 Å². The van der Waals surface area contributed by atoms with E-state index in [1.54, 1.807) is 6.26 Å². The second kappa shape index (κ2) is 6.13. The minimum absolute atomic E-state index is 0.0227. The number of halogens is 1. The molecule has 0 atom stereocenters. The van der Waals surface area contributed by atoms with Gasteiger partial charge in [-0.15, -0.1) is 11.8 Å². The molecule has 2 rings (SSSR count). The molecule has 7 heteroatoms. The molecule has 20 heavy (non-hydrogen) atoms. The number of thioether (sulfide) groups is 1. The smallest absolute Gasteiger partial charge is 0.206 e. The fourth-order valence-electron chi connectivity index (χ4n) is 1.82. The third-order valence-electron chi connectivity index (χ3n) is 2.84. The van der Waals surface area contributed by atoms with Gasteiger partial charge in [0.15, 0.2) is 11.6 Å². The Morgan fingerprint density at radius 1 is 1.30 bits per heavy atom. The van der Waals surface area contributed by atoms with Crippen LogP contribution in [-0.2, 0) is 0 Å². The third-order valence-corrected chi connectivity index (χ3v) is 3.46. The number of ether oxygens (including phenoxy) is 3. The highest BCUT2D eigenvalue weighted by Crippen LogP contribution is 2.42. The van der Waals surface area contributed by atoms with Gasteiger partial charge in [-0.3, -0.25) is 10.8 Å². The van der Waals surface area contributed by atoms with Gasteiger partial charge in [-0.2, -0.15) is 0 Å². The minimum atomic E-state index is -0.688. The molecule has 1 heterocycles. The summed E-state index contributed by atoms with van der Waals surface area (Å²) >= 11 is 1.07. The largest absolute Gasteiger partial charge is 0.493 e. The molecule has 0 unspecified atom stereocenters. The van der Waals surface area contributed by atoms with E-state index in [0.29, 0.717) is 25.4 Å². The Balaban J connectivity index is 2.57. The molecule has 0 amide bonds. The maximum atomic E-state index is 14.5. The molecule has 0 radical (unpaired) electrons. The van der Waals surface area contributed by atoms with E-state index in [2.05, 4.69) is 0 Å². The minimum Gasteiger partial charge on any atom is -0.493 e. The van der Waals surface area contributed by atoms with E-state index in [9.17, 15) is 4.39 Å². The van der Waals surface area contributed by atoms with Gasteiger partial charge >= 0.3 is 0 Å². The van der Waals surface area contributed by atoms with Crippen molar-refractivity contribution in [2.45, 2.75) is 6.42 Å². The molecule has 5 nitrogen and oxygen atoms in total. The Morgan fingerprint density at radius 2 is 1.95 bits per heavy atom. The van der Waals surface area contributed by atoms with Crippen LogP contribution < -0.4 is 14.2 Å². The fraction of sp³-hybridized carbons (Fsp3) is 0.385. The summed E-state index contributed by atoms with van der Waals surface area (Å²) in [7, 11) is 1.44. The lowest BCUT2D eigenvalue weighted by Gasteiger charge is -2.15. The van der Waals surface area contributed by atoms with Crippen molar-refractivity contribution in [3.63, 3.8) is 0 Å². The van der Waals surface area contributed by atoms with Crippen molar-refractivity contribution in [3.05, 3.63) is 17.4 Å². The molecule has 108 valence electrons. The van der Waals surface area contributed by atoms with Crippen molar-refractivity contribution < 1.29 is 18.6 Å². The van der Waals surface area contributed by atoms with Gasteiger partial charge in [-0.25, -0.2) is 4.39 Å². The Labute approximate surface area is 120 Å². The number of rotatable bonds is 3. The quantitative estimate of drug-likeness (QED) is 0.664. The van der Waals surface area contributed by atoms with Gasteiger partial charge in [0.25, 0.3) is 0 Å². The van der Waals surface area contributed by atoms with Gasteiger partial charge in [0, 0.05) is 12.0 Å². The average molecular weight is 298 g/mol. The number of nitrogens with one attached hydrogen (secondary N) is 2. The van der Waals surface area contributed by atoms with Crippen molar-refractivity contribution in [3.8, 4) is 17.2 Å².